The van der Waals surface area contributed by atoms with Crippen molar-refractivity contribution in [3.8, 4) is 0 Å². The van der Waals surface area contributed by atoms with E-state index in [-0.39, 0.29) is 0 Å². The number of hydrogen-bond donors (Lipinski definition) is 1. The summed E-state index contributed by atoms with van der Waals surface area (Å²) in [6.45, 7) is 2.70. The van der Waals surface area contributed by atoms with Gasteiger partial charge in [0, 0.05) is 22.3 Å². The molecule has 0 amide bonds. The SMILES string of the molecule is CCC[S@@](=O)CCCN. The van der Waals surface area contributed by atoms with Gasteiger partial charge < -0.3 is 5.73 Å². The monoisotopic (exact) mass is 149 g/mol. The molecular formula is C6H15NOS. The third kappa shape index (κ3) is 5.99. The van der Waals surface area contributed by atoms with E-state index in [1.807, 2.05) is 6.92 Å². The first kappa shape index (κ1) is 9.11. The Labute approximate surface area is 59.3 Å². The van der Waals surface area contributed by atoms with Gasteiger partial charge in [-0.05, 0) is 19.4 Å². The maximum absolute atomic E-state index is 10.9. The second-order valence-corrected chi connectivity index (χ2v) is 3.69. The molecule has 0 saturated heterocycles. The Hall–Kier alpha value is 0.110. The van der Waals surface area contributed by atoms with Gasteiger partial charge in [-0.15, -0.1) is 0 Å². The van der Waals surface area contributed by atoms with Crippen LogP contribution in [0.3, 0.4) is 0 Å². The van der Waals surface area contributed by atoms with Crippen molar-refractivity contribution in [2.75, 3.05) is 18.1 Å². The fourth-order valence-electron chi connectivity index (χ4n) is 0.574. The summed E-state index contributed by atoms with van der Waals surface area (Å²) < 4.78 is 10.9. The fourth-order valence-corrected chi connectivity index (χ4v) is 1.72. The molecule has 0 aliphatic rings. The quantitative estimate of drug-likeness (QED) is 0.618. The van der Waals surface area contributed by atoms with Crippen molar-refractivity contribution in [3.63, 3.8) is 0 Å². The zero-order valence-electron chi connectivity index (χ0n) is 5.93. The lowest BCUT2D eigenvalue weighted by Gasteiger charge is -1.95. The molecule has 0 aromatic heterocycles. The van der Waals surface area contributed by atoms with Gasteiger partial charge in [0.1, 0.15) is 0 Å². The molecule has 0 bridgehead atoms. The van der Waals surface area contributed by atoms with Crippen molar-refractivity contribution in [3.05, 3.63) is 0 Å². The van der Waals surface area contributed by atoms with Gasteiger partial charge in [0.15, 0.2) is 0 Å². The minimum Gasteiger partial charge on any atom is -0.330 e. The first-order chi connectivity index (χ1) is 4.31. The average molecular weight is 149 g/mol. The van der Waals surface area contributed by atoms with Crippen LogP contribution in [0.2, 0.25) is 0 Å². The van der Waals surface area contributed by atoms with Gasteiger partial charge >= 0.3 is 0 Å². The lowest BCUT2D eigenvalue weighted by molar-refractivity contribution is 0.679. The Bertz CT molecular complexity index is 85.1. The molecule has 0 unspecified atom stereocenters. The zero-order chi connectivity index (χ0) is 7.11. The molecule has 3 heteroatoms. The lowest BCUT2D eigenvalue weighted by atomic mass is 10.5. The van der Waals surface area contributed by atoms with Crippen LogP contribution in [0.15, 0.2) is 0 Å². The Kier molecular flexibility index (Phi) is 6.31. The van der Waals surface area contributed by atoms with Gasteiger partial charge in [0.25, 0.3) is 0 Å². The highest BCUT2D eigenvalue weighted by Gasteiger charge is 1.94. The molecule has 0 aromatic rings. The summed E-state index contributed by atoms with van der Waals surface area (Å²) in [6, 6.07) is 0. The number of hydrogen-bond acceptors (Lipinski definition) is 2. The number of rotatable bonds is 5. The summed E-state index contributed by atoms with van der Waals surface area (Å²) in [7, 11) is -0.600. The second-order valence-electron chi connectivity index (χ2n) is 1.99. The molecule has 0 rings (SSSR count). The van der Waals surface area contributed by atoms with Crippen LogP contribution >= 0.6 is 0 Å². The van der Waals surface area contributed by atoms with Crippen molar-refractivity contribution >= 4 is 10.8 Å². The van der Waals surface area contributed by atoms with Crippen LogP contribution in [0.25, 0.3) is 0 Å². The second kappa shape index (κ2) is 6.23. The largest absolute Gasteiger partial charge is 0.330 e. The summed E-state index contributed by atoms with van der Waals surface area (Å²) in [5, 5.41) is 0. The Morgan fingerprint density at radius 2 is 2.11 bits per heavy atom. The first-order valence-corrected chi connectivity index (χ1v) is 4.85. The lowest BCUT2D eigenvalue weighted by Crippen LogP contribution is -2.07. The van der Waals surface area contributed by atoms with E-state index < -0.39 is 10.8 Å². The summed E-state index contributed by atoms with van der Waals surface area (Å²) in [5.41, 5.74) is 5.24. The maximum Gasteiger partial charge on any atom is 0.0246 e. The van der Waals surface area contributed by atoms with E-state index >= 15 is 0 Å². The Morgan fingerprint density at radius 1 is 1.44 bits per heavy atom. The molecule has 0 aliphatic carbocycles. The molecule has 2 N–H and O–H groups in total. The average Bonchev–Trinajstić information content (AvgIpc) is 1.85. The van der Waals surface area contributed by atoms with Crippen molar-refractivity contribution in [1.29, 1.82) is 0 Å². The standard InChI is InChI=1S/C6H15NOS/c1-2-5-9(8)6-3-4-7/h2-7H2,1H3/t9-/m1/s1. The third-order valence-electron chi connectivity index (χ3n) is 1.01. The molecular weight excluding hydrogens is 134 g/mol. The Balaban J connectivity index is 3.06. The molecule has 0 aromatic carbocycles. The van der Waals surface area contributed by atoms with Crippen LogP contribution in [-0.2, 0) is 10.8 Å². The van der Waals surface area contributed by atoms with Crippen LogP contribution in [0.5, 0.6) is 0 Å². The summed E-state index contributed by atoms with van der Waals surface area (Å²) >= 11 is 0. The van der Waals surface area contributed by atoms with Gasteiger partial charge in [-0.1, -0.05) is 6.92 Å². The van der Waals surface area contributed by atoms with Crippen LogP contribution in [0.4, 0.5) is 0 Å². The molecule has 56 valence electrons. The van der Waals surface area contributed by atoms with Crippen LogP contribution in [0, 0.1) is 0 Å². The highest BCUT2D eigenvalue weighted by atomic mass is 32.2. The minimum atomic E-state index is -0.600. The molecule has 2 nitrogen and oxygen atoms in total. The molecule has 0 heterocycles. The fraction of sp³-hybridized carbons (Fsp3) is 1.00. The zero-order valence-corrected chi connectivity index (χ0v) is 6.75. The van der Waals surface area contributed by atoms with E-state index in [2.05, 4.69) is 0 Å². The van der Waals surface area contributed by atoms with E-state index in [1.54, 1.807) is 0 Å². The van der Waals surface area contributed by atoms with E-state index in [0.717, 1.165) is 24.3 Å². The molecule has 0 fully saturated rings. The summed E-state index contributed by atoms with van der Waals surface area (Å²) in [5.74, 6) is 1.62. The Morgan fingerprint density at radius 3 is 2.56 bits per heavy atom. The minimum absolute atomic E-state index is 0.600. The summed E-state index contributed by atoms with van der Waals surface area (Å²) in [6.07, 6.45) is 1.91. The summed E-state index contributed by atoms with van der Waals surface area (Å²) in [4.78, 5) is 0. The molecule has 1 atom stereocenters. The van der Waals surface area contributed by atoms with Crippen LogP contribution in [0.1, 0.15) is 19.8 Å². The van der Waals surface area contributed by atoms with Gasteiger partial charge in [0.05, 0.1) is 0 Å². The van der Waals surface area contributed by atoms with E-state index in [4.69, 9.17) is 5.73 Å². The number of nitrogens with two attached hydrogens (primary N) is 1. The highest BCUT2D eigenvalue weighted by Crippen LogP contribution is 1.88. The van der Waals surface area contributed by atoms with E-state index in [1.165, 1.54) is 0 Å². The highest BCUT2D eigenvalue weighted by molar-refractivity contribution is 7.84. The van der Waals surface area contributed by atoms with Gasteiger partial charge in [-0.2, -0.15) is 0 Å². The molecule has 0 radical (unpaired) electrons. The normalized spacial score (nSPS) is 13.6. The van der Waals surface area contributed by atoms with Crippen molar-refractivity contribution in [1.82, 2.24) is 0 Å². The first-order valence-electron chi connectivity index (χ1n) is 3.36. The molecule has 0 spiro atoms. The molecule has 0 saturated carbocycles. The molecule has 0 aliphatic heterocycles. The van der Waals surface area contributed by atoms with E-state index in [9.17, 15) is 4.21 Å². The predicted molar refractivity (Wildman–Crippen MR) is 41.8 cm³/mol. The van der Waals surface area contributed by atoms with Crippen LogP contribution in [-0.4, -0.2) is 22.3 Å². The smallest absolute Gasteiger partial charge is 0.0246 e. The van der Waals surface area contributed by atoms with Gasteiger partial charge in [0.2, 0.25) is 0 Å². The van der Waals surface area contributed by atoms with Crippen molar-refractivity contribution in [2.45, 2.75) is 19.8 Å². The van der Waals surface area contributed by atoms with Crippen molar-refractivity contribution in [2.24, 2.45) is 5.73 Å². The van der Waals surface area contributed by atoms with Gasteiger partial charge in [-0.25, -0.2) is 0 Å². The maximum atomic E-state index is 10.9. The third-order valence-corrected chi connectivity index (χ3v) is 2.62. The van der Waals surface area contributed by atoms with Crippen LogP contribution < -0.4 is 5.73 Å². The topological polar surface area (TPSA) is 43.1 Å². The van der Waals surface area contributed by atoms with E-state index in [0.29, 0.717) is 6.54 Å². The van der Waals surface area contributed by atoms with Gasteiger partial charge in [-0.3, -0.25) is 4.21 Å². The van der Waals surface area contributed by atoms with Crippen molar-refractivity contribution < 1.29 is 4.21 Å². The predicted octanol–water partition coefficient (Wildman–Crippen LogP) is 0.494. The molecule has 9 heavy (non-hydrogen) atoms.